The van der Waals surface area contributed by atoms with Gasteiger partial charge < -0.3 is 15.3 Å². The van der Waals surface area contributed by atoms with E-state index in [1.54, 1.807) is 4.90 Å². The Morgan fingerprint density at radius 2 is 1.77 bits per heavy atom. The smallest absolute Gasteiger partial charge is 0.310 e. The van der Waals surface area contributed by atoms with Gasteiger partial charge in [-0.15, -0.1) is 0 Å². The number of carboxylic acid groups (broad SMARTS) is 1. The van der Waals surface area contributed by atoms with Crippen molar-refractivity contribution in [2.45, 2.75) is 44.6 Å². The molecule has 0 aromatic heterocycles. The molecule has 7 heteroatoms. The summed E-state index contributed by atoms with van der Waals surface area (Å²) in [6, 6.07) is 5.32. The zero-order chi connectivity index (χ0) is 18.7. The predicted octanol–water partition coefficient (Wildman–Crippen LogP) is 2.19. The summed E-state index contributed by atoms with van der Waals surface area (Å²) in [7, 11) is 0. The van der Waals surface area contributed by atoms with Crippen LogP contribution in [-0.2, 0) is 9.59 Å². The Balaban J connectivity index is 1.48. The highest BCUT2D eigenvalue weighted by molar-refractivity contribution is 5.94. The fourth-order valence-corrected chi connectivity index (χ4v) is 3.61. The fraction of sp³-hybridized carbons (Fsp3) is 0.526. The molecule has 0 radical (unpaired) electrons. The number of amides is 2. The van der Waals surface area contributed by atoms with Gasteiger partial charge in [0.15, 0.2) is 0 Å². The second-order valence-electron chi connectivity index (χ2n) is 7.25. The second-order valence-corrected chi connectivity index (χ2v) is 7.25. The minimum absolute atomic E-state index is 0.0475. The lowest BCUT2D eigenvalue weighted by Crippen LogP contribution is -2.49. The molecule has 0 spiro atoms. The van der Waals surface area contributed by atoms with Crippen molar-refractivity contribution in [3.8, 4) is 0 Å². The number of likely N-dealkylation sites (tertiary alicyclic amines) is 1. The third kappa shape index (κ3) is 3.86. The Hall–Kier alpha value is -2.44. The molecule has 1 aliphatic carbocycles. The SMILES string of the molecule is O=C(NC1CCN(C(=O)CC2(C(=O)O)CCC2)CC1)c1ccc(F)cc1. The van der Waals surface area contributed by atoms with Gasteiger partial charge in [-0.25, -0.2) is 4.39 Å². The normalized spacial score (nSPS) is 19.5. The van der Waals surface area contributed by atoms with Crippen LogP contribution >= 0.6 is 0 Å². The molecule has 1 aliphatic heterocycles. The van der Waals surface area contributed by atoms with E-state index in [9.17, 15) is 23.9 Å². The van der Waals surface area contributed by atoms with Crippen molar-refractivity contribution in [3.05, 3.63) is 35.6 Å². The van der Waals surface area contributed by atoms with Gasteiger partial charge >= 0.3 is 5.97 Å². The fourth-order valence-electron chi connectivity index (χ4n) is 3.61. The highest BCUT2D eigenvalue weighted by atomic mass is 19.1. The number of nitrogens with one attached hydrogen (secondary N) is 1. The summed E-state index contributed by atoms with van der Waals surface area (Å²) >= 11 is 0. The molecule has 26 heavy (non-hydrogen) atoms. The Morgan fingerprint density at radius 1 is 1.15 bits per heavy atom. The summed E-state index contributed by atoms with van der Waals surface area (Å²) in [5.41, 5.74) is -0.469. The number of hydrogen-bond acceptors (Lipinski definition) is 3. The Bertz CT molecular complexity index is 692. The van der Waals surface area contributed by atoms with Gasteiger partial charge in [0.1, 0.15) is 5.82 Å². The first-order valence-corrected chi connectivity index (χ1v) is 8.97. The second kappa shape index (κ2) is 7.43. The molecule has 1 aromatic rings. The number of nitrogens with zero attached hydrogens (tertiary/aromatic N) is 1. The predicted molar refractivity (Wildman–Crippen MR) is 92.0 cm³/mol. The lowest BCUT2D eigenvalue weighted by atomic mass is 9.66. The summed E-state index contributed by atoms with van der Waals surface area (Å²) in [5.74, 6) is -1.64. The molecule has 2 N–H and O–H groups in total. The van der Waals surface area contributed by atoms with Crippen LogP contribution in [0.15, 0.2) is 24.3 Å². The summed E-state index contributed by atoms with van der Waals surface area (Å²) < 4.78 is 12.9. The first-order valence-electron chi connectivity index (χ1n) is 8.97. The quantitative estimate of drug-likeness (QED) is 0.841. The summed E-state index contributed by atoms with van der Waals surface area (Å²) in [6.45, 7) is 1.01. The third-order valence-corrected chi connectivity index (χ3v) is 5.54. The topological polar surface area (TPSA) is 86.7 Å². The van der Waals surface area contributed by atoms with E-state index in [-0.39, 0.29) is 30.1 Å². The summed E-state index contributed by atoms with van der Waals surface area (Å²) in [6.07, 6.45) is 3.31. The molecule has 3 rings (SSSR count). The number of carboxylic acids is 1. The van der Waals surface area contributed by atoms with Gasteiger partial charge in [0.2, 0.25) is 5.91 Å². The number of piperidine rings is 1. The zero-order valence-corrected chi connectivity index (χ0v) is 14.5. The molecule has 2 aliphatic rings. The van der Waals surface area contributed by atoms with Crippen molar-refractivity contribution in [2.75, 3.05) is 13.1 Å². The largest absolute Gasteiger partial charge is 0.481 e. The first kappa shape index (κ1) is 18.4. The van der Waals surface area contributed by atoms with E-state index in [0.29, 0.717) is 44.3 Å². The van der Waals surface area contributed by atoms with Crippen molar-refractivity contribution in [1.82, 2.24) is 10.2 Å². The van der Waals surface area contributed by atoms with Crippen molar-refractivity contribution in [3.63, 3.8) is 0 Å². The van der Waals surface area contributed by atoms with E-state index >= 15 is 0 Å². The van der Waals surface area contributed by atoms with Crippen LogP contribution in [0.5, 0.6) is 0 Å². The molecular formula is C19H23FN2O4. The highest BCUT2D eigenvalue weighted by Crippen LogP contribution is 2.44. The number of hydrogen-bond donors (Lipinski definition) is 2. The lowest BCUT2D eigenvalue weighted by Gasteiger charge is -2.40. The number of carbonyl (C=O) groups is 3. The maximum atomic E-state index is 12.9. The van der Waals surface area contributed by atoms with E-state index in [1.807, 2.05) is 0 Å². The molecule has 0 atom stereocenters. The van der Waals surface area contributed by atoms with Crippen LogP contribution in [-0.4, -0.2) is 46.9 Å². The zero-order valence-electron chi connectivity index (χ0n) is 14.5. The van der Waals surface area contributed by atoms with Crippen LogP contribution in [0.3, 0.4) is 0 Å². The van der Waals surface area contributed by atoms with Gasteiger partial charge in [-0.3, -0.25) is 14.4 Å². The monoisotopic (exact) mass is 362 g/mol. The van der Waals surface area contributed by atoms with E-state index < -0.39 is 11.4 Å². The number of halogens is 1. The molecule has 0 unspecified atom stereocenters. The lowest BCUT2D eigenvalue weighted by molar-refractivity contribution is -0.159. The van der Waals surface area contributed by atoms with Gasteiger partial charge in [0.25, 0.3) is 5.91 Å². The molecular weight excluding hydrogens is 339 g/mol. The average molecular weight is 362 g/mol. The summed E-state index contributed by atoms with van der Waals surface area (Å²) in [5, 5.41) is 12.3. The van der Waals surface area contributed by atoms with Crippen molar-refractivity contribution >= 4 is 17.8 Å². The minimum Gasteiger partial charge on any atom is -0.481 e. The van der Waals surface area contributed by atoms with Crippen molar-refractivity contribution in [2.24, 2.45) is 5.41 Å². The number of aliphatic carboxylic acids is 1. The molecule has 1 saturated heterocycles. The Kier molecular flexibility index (Phi) is 5.25. The van der Waals surface area contributed by atoms with Crippen LogP contribution in [0, 0.1) is 11.2 Å². The first-order chi connectivity index (χ1) is 12.4. The maximum Gasteiger partial charge on any atom is 0.310 e. The standard InChI is InChI=1S/C19H23FN2O4/c20-14-4-2-13(3-5-14)17(24)21-15-6-10-22(11-7-15)16(23)12-19(18(25)26)8-1-9-19/h2-5,15H,1,6-12H2,(H,21,24)(H,25,26). The van der Waals surface area contributed by atoms with Gasteiger partial charge in [-0.1, -0.05) is 6.42 Å². The average Bonchev–Trinajstić information content (AvgIpc) is 2.58. The molecule has 1 aromatic carbocycles. The van der Waals surface area contributed by atoms with Crippen LogP contribution in [0.1, 0.15) is 48.9 Å². The van der Waals surface area contributed by atoms with Crippen molar-refractivity contribution in [1.29, 1.82) is 0 Å². The van der Waals surface area contributed by atoms with E-state index in [2.05, 4.69) is 5.32 Å². The van der Waals surface area contributed by atoms with E-state index in [4.69, 9.17) is 0 Å². The van der Waals surface area contributed by atoms with Crippen LogP contribution in [0.25, 0.3) is 0 Å². The Morgan fingerprint density at radius 3 is 2.27 bits per heavy atom. The van der Waals surface area contributed by atoms with Crippen LogP contribution < -0.4 is 5.32 Å². The van der Waals surface area contributed by atoms with Gasteiger partial charge in [-0.05, 0) is 49.9 Å². The highest BCUT2D eigenvalue weighted by Gasteiger charge is 2.46. The van der Waals surface area contributed by atoms with Crippen LogP contribution in [0.2, 0.25) is 0 Å². The van der Waals surface area contributed by atoms with E-state index in [1.165, 1.54) is 24.3 Å². The molecule has 1 saturated carbocycles. The van der Waals surface area contributed by atoms with Crippen molar-refractivity contribution < 1.29 is 23.9 Å². The van der Waals surface area contributed by atoms with Crippen LogP contribution in [0.4, 0.5) is 4.39 Å². The number of carbonyl (C=O) groups excluding carboxylic acids is 2. The molecule has 2 fully saturated rings. The van der Waals surface area contributed by atoms with Gasteiger partial charge in [0, 0.05) is 31.1 Å². The number of benzene rings is 1. The number of rotatable bonds is 5. The maximum absolute atomic E-state index is 12.9. The molecule has 2 amide bonds. The molecule has 0 bridgehead atoms. The molecule has 140 valence electrons. The molecule has 1 heterocycles. The minimum atomic E-state index is -0.876. The summed E-state index contributed by atoms with van der Waals surface area (Å²) in [4.78, 5) is 37.7. The van der Waals surface area contributed by atoms with E-state index in [0.717, 1.165) is 6.42 Å². The third-order valence-electron chi connectivity index (χ3n) is 5.54. The molecule has 6 nitrogen and oxygen atoms in total. The van der Waals surface area contributed by atoms with Gasteiger partial charge in [-0.2, -0.15) is 0 Å². The Labute approximate surface area is 151 Å². The van der Waals surface area contributed by atoms with Gasteiger partial charge in [0.05, 0.1) is 5.41 Å².